The van der Waals surface area contributed by atoms with Gasteiger partial charge in [0.2, 0.25) is 5.16 Å². The molecule has 0 amide bonds. The molecule has 2 rings (SSSR count). The van der Waals surface area contributed by atoms with E-state index in [-0.39, 0.29) is 5.56 Å². The molecule has 0 aliphatic heterocycles. The highest BCUT2D eigenvalue weighted by Crippen LogP contribution is 2.27. The molecule has 0 saturated heterocycles. The van der Waals surface area contributed by atoms with E-state index in [4.69, 9.17) is 5.26 Å². The van der Waals surface area contributed by atoms with Crippen molar-refractivity contribution in [3.05, 3.63) is 29.6 Å². The zero-order valence-corrected chi connectivity index (χ0v) is 9.07. The highest BCUT2D eigenvalue weighted by molar-refractivity contribution is 7.99. The molecule has 1 heterocycles. The Labute approximate surface area is 94.9 Å². The highest BCUT2D eigenvalue weighted by atomic mass is 32.2. The molecule has 0 unspecified atom stereocenters. The van der Waals surface area contributed by atoms with Crippen LogP contribution in [0.4, 0.5) is 4.39 Å². The van der Waals surface area contributed by atoms with Crippen molar-refractivity contribution in [2.45, 2.75) is 10.1 Å². The summed E-state index contributed by atoms with van der Waals surface area (Å²) < 4.78 is 15.0. The molecule has 0 radical (unpaired) electrons. The van der Waals surface area contributed by atoms with Crippen LogP contribution in [0.2, 0.25) is 0 Å². The largest absolute Gasteiger partial charge is 0.223 e. The van der Waals surface area contributed by atoms with Gasteiger partial charge in [0.15, 0.2) is 0 Å². The Kier molecular flexibility index (Phi) is 2.83. The Balaban J connectivity index is 2.30. The zero-order chi connectivity index (χ0) is 11.5. The molecule has 0 saturated carbocycles. The van der Waals surface area contributed by atoms with E-state index in [0.29, 0.717) is 10.1 Å². The van der Waals surface area contributed by atoms with Crippen LogP contribution in [-0.2, 0) is 7.05 Å². The number of hydrogen-bond acceptors (Lipinski definition) is 5. The molecule has 5 nitrogen and oxygen atoms in total. The summed E-state index contributed by atoms with van der Waals surface area (Å²) in [5.74, 6) is -0.452. The summed E-state index contributed by atoms with van der Waals surface area (Å²) in [6.45, 7) is 0. The fourth-order valence-electron chi connectivity index (χ4n) is 1.06. The topological polar surface area (TPSA) is 67.4 Å². The van der Waals surface area contributed by atoms with Crippen molar-refractivity contribution >= 4 is 11.8 Å². The SMILES string of the molecule is Cn1nnnc1Sc1ccc(C#N)cc1F. The molecule has 16 heavy (non-hydrogen) atoms. The van der Waals surface area contributed by atoms with Gasteiger partial charge in [0.1, 0.15) is 5.82 Å². The van der Waals surface area contributed by atoms with Crippen molar-refractivity contribution in [3.63, 3.8) is 0 Å². The molecule has 0 bridgehead atoms. The summed E-state index contributed by atoms with van der Waals surface area (Å²) in [6, 6.07) is 6.14. The average molecular weight is 235 g/mol. The molecule has 1 aromatic heterocycles. The maximum absolute atomic E-state index is 13.5. The first-order chi connectivity index (χ1) is 7.70. The molecule has 2 aromatic rings. The lowest BCUT2D eigenvalue weighted by atomic mass is 10.2. The third kappa shape index (κ3) is 2.01. The van der Waals surface area contributed by atoms with Crippen LogP contribution in [0, 0.1) is 17.1 Å². The van der Waals surface area contributed by atoms with Crippen molar-refractivity contribution in [2.24, 2.45) is 7.05 Å². The summed E-state index contributed by atoms with van der Waals surface area (Å²) in [6.07, 6.45) is 0. The number of halogens is 1. The van der Waals surface area contributed by atoms with Crippen LogP contribution >= 0.6 is 11.8 Å². The maximum Gasteiger partial charge on any atom is 0.213 e. The molecule has 0 N–H and O–H groups in total. The standard InChI is InChI=1S/C9H6FN5S/c1-15-9(12-13-14-15)16-8-3-2-6(5-11)4-7(8)10/h2-4H,1H3. The van der Waals surface area contributed by atoms with Crippen LogP contribution in [-0.4, -0.2) is 20.2 Å². The quantitative estimate of drug-likeness (QED) is 0.786. The van der Waals surface area contributed by atoms with Gasteiger partial charge in [-0.1, -0.05) is 0 Å². The maximum atomic E-state index is 13.5. The number of nitriles is 1. The first-order valence-electron chi connectivity index (χ1n) is 4.30. The molecular weight excluding hydrogens is 229 g/mol. The van der Waals surface area contributed by atoms with Gasteiger partial charge in [-0.2, -0.15) is 5.26 Å². The molecule has 7 heteroatoms. The smallest absolute Gasteiger partial charge is 0.213 e. The van der Waals surface area contributed by atoms with Crippen molar-refractivity contribution in [1.82, 2.24) is 20.2 Å². The molecule has 0 fully saturated rings. The van der Waals surface area contributed by atoms with Crippen LogP contribution in [0.5, 0.6) is 0 Å². The van der Waals surface area contributed by atoms with Gasteiger partial charge in [-0.25, -0.2) is 9.07 Å². The van der Waals surface area contributed by atoms with E-state index >= 15 is 0 Å². The van der Waals surface area contributed by atoms with Gasteiger partial charge in [-0.05, 0) is 40.4 Å². The molecule has 0 aliphatic carbocycles. The van der Waals surface area contributed by atoms with Crippen LogP contribution < -0.4 is 0 Å². The summed E-state index contributed by atoms with van der Waals surface area (Å²) >= 11 is 1.11. The first-order valence-corrected chi connectivity index (χ1v) is 5.12. The zero-order valence-electron chi connectivity index (χ0n) is 8.25. The van der Waals surface area contributed by atoms with E-state index in [0.717, 1.165) is 11.8 Å². The third-order valence-electron chi connectivity index (χ3n) is 1.84. The number of nitrogens with zero attached hydrogens (tertiary/aromatic N) is 5. The molecular formula is C9H6FN5S. The number of aryl methyl sites for hydroxylation is 1. The van der Waals surface area contributed by atoms with Crippen molar-refractivity contribution in [2.75, 3.05) is 0 Å². The number of benzene rings is 1. The minimum atomic E-state index is -0.452. The van der Waals surface area contributed by atoms with Gasteiger partial charge in [0, 0.05) is 7.05 Å². The number of aromatic nitrogens is 4. The Morgan fingerprint density at radius 3 is 2.88 bits per heavy atom. The van der Waals surface area contributed by atoms with Crippen LogP contribution in [0.1, 0.15) is 5.56 Å². The fourth-order valence-corrected chi connectivity index (χ4v) is 1.79. The van der Waals surface area contributed by atoms with E-state index < -0.39 is 5.82 Å². The van der Waals surface area contributed by atoms with Gasteiger partial charge >= 0.3 is 0 Å². The van der Waals surface area contributed by atoms with E-state index in [9.17, 15) is 4.39 Å². The summed E-state index contributed by atoms with van der Waals surface area (Å²) in [7, 11) is 1.67. The Morgan fingerprint density at radius 1 is 1.50 bits per heavy atom. The monoisotopic (exact) mass is 235 g/mol. The summed E-state index contributed by atoms with van der Waals surface area (Å²) in [5, 5.41) is 19.9. The Morgan fingerprint density at radius 2 is 2.31 bits per heavy atom. The second kappa shape index (κ2) is 4.28. The average Bonchev–Trinajstić information content (AvgIpc) is 2.67. The second-order valence-corrected chi connectivity index (χ2v) is 3.95. The van der Waals surface area contributed by atoms with Crippen molar-refractivity contribution < 1.29 is 4.39 Å². The predicted octanol–water partition coefficient (Wildman–Crippen LogP) is 1.37. The van der Waals surface area contributed by atoms with E-state index in [2.05, 4.69) is 15.5 Å². The van der Waals surface area contributed by atoms with Gasteiger partial charge in [0.25, 0.3) is 0 Å². The minimum absolute atomic E-state index is 0.290. The molecule has 0 atom stereocenters. The van der Waals surface area contributed by atoms with Gasteiger partial charge in [-0.15, -0.1) is 5.10 Å². The predicted molar refractivity (Wildman–Crippen MR) is 54.0 cm³/mol. The van der Waals surface area contributed by atoms with E-state index in [1.54, 1.807) is 13.1 Å². The molecule has 80 valence electrons. The number of rotatable bonds is 2. The normalized spacial score (nSPS) is 10.1. The van der Waals surface area contributed by atoms with Crippen LogP contribution in [0.15, 0.2) is 28.3 Å². The van der Waals surface area contributed by atoms with Crippen LogP contribution in [0.25, 0.3) is 0 Å². The minimum Gasteiger partial charge on any atom is -0.223 e. The Bertz CT molecular complexity index is 559. The van der Waals surface area contributed by atoms with E-state index in [1.807, 2.05) is 6.07 Å². The third-order valence-corrected chi connectivity index (χ3v) is 2.92. The van der Waals surface area contributed by atoms with Gasteiger partial charge in [0.05, 0.1) is 16.5 Å². The second-order valence-electron chi connectivity index (χ2n) is 2.94. The van der Waals surface area contributed by atoms with Crippen molar-refractivity contribution in [1.29, 1.82) is 5.26 Å². The molecule has 0 aliphatic rings. The van der Waals surface area contributed by atoms with Crippen LogP contribution in [0.3, 0.4) is 0 Å². The molecule has 1 aromatic carbocycles. The first kappa shape index (κ1) is 10.6. The summed E-state index contributed by atoms with van der Waals surface area (Å²) in [4.78, 5) is 0.386. The fraction of sp³-hybridized carbons (Fsp3) is 0.111. The highest BCUT2D eigenvalue weighted by Gasteiger charge is 2.09. The lowest BCUT2D eigenvalue weighted by Crippen LogP contribution is -1.93. The van der Waals surface area contributed by atoms with E-state index in [1.165, 1.54) is 16.8 Å². The van der Waals surface area contributed by atoms with Gasteiger partial charge in [-0.3, -0.25) is 0 Å². The van der Waals surface area contributed by atoms with Gasteiger partial charge < -0.3 is 0 Å². The molecule has 0 spiro atoms. The number of tetrazole rings is 1. The lowest BCUT2D eigenvalue weighted by Gasteiger charge is -2.01. The summed E-state index contributed by atoms with van der Waals surface area (Å²) in [5.41, 5.74) is 0.290. The van der Waals surface area contributed by atoms with Crippen molar-refractivity contribution in [3.8, 4) is 6.07 Å². The lowest BCUT2D eigenvalue weighted by molar-refractivity contribution is 0.600. The Hall–Kier alpha value is -1.94. The number of hydrogen-bond donors (Lipinski definition) is 0.